The minimum atomic E-state index is 0.198. The minimum Gasteiger partial charge on any atom is -0.494 e. The van der Waals surface area contributed by atoms with Crippen LogP contribution in [0.3, 0.4) is 0 Å². The van der Waals surface area contributed by atoms with Crippen molar-refractivity contribution in [3.05, 3.63) is 24.3 Å². The fraction of sp³-hybridized carbons (Fsp3) is 0.647. The van der Waals surface area contributed by atoms with Crippen molar-refractivity contribution < 1.29 is 9.47 Å². The highest BCUT2D eigenvalue weighted by molar-refractivity contribution is 5.31. The van der Waals surface area contributed by atoms with Crippen molar-refractivity contribution in [1.82, 2.24) is 5.32 Å². The summed E-state index contributed by atoms with van der Waals surface area (Å²) in [5.74, 6) is 2.30. The van der Waals surface area contributed by atoms with Crippen LogP contribution in [0.4, 0.5) is 0 Å². The SMILES string of the molecule is CCCNCC(Oc1ccc(OCCC)cc1)C(C)C. The first-order valence-corrected chi connectivity index (χ1v) is 7.77. The van der Waals surface area contributed by atoms with E-state index < -0.39 is 0 Å². The number of nitrogens with one attached hydrogen (secondary N) is 1. The van der Waals surface area contributed by atoms with Crippen LogP contribution < -0.4 is 14.8 Å². The van der Waals surface area contributed by atoms with Gasteiger partial charge >= 0.3 is 0 Å². The monoisotopic (exact) mass is 279 g/mol. The van der Waals surface area contributed by atoms with Crippen LogP contribution in [0.2, 0.25) is 0 Å². The third-order valence-corrected chi connectivity index (χ3v) is 3.10. The van der Waals surface area contributed by atoms with Gasteiger partial charge in [0, 0.05) is 6.54 Å². The first-order valence-electron chi connectivity index (χ1n) is 7.77. The summed E-state index contributed by atoms with van der Waals surface area (Å²) in [6, 6.07) is 7.92. The second-order valence-electron chi connectivity index (χ2n) is 5.42. The van der Waals surface area contributed by atoms with E-state index in [1.807, 2.05) is 24.3 Å². The molecule has 0 aliphatic carbocycles. The van der Waals surface area contributed by atoms with Gasteiger partial charge in [0.15, 0.2) is 0 Å². The van der Waals surface area contributed by atoms with Crippen LogP contribution in [0.5, 0.6) is 11.5 Å². The molecule has 1 atom stereocenters. The van der Waals surface area contributed by atoms with Crippen LogP contribution in [0.15, 0.2) is 24.3 Å². The zero-order chi connectivity index (χ0) is 14.8. The van der Waals surface area contributed by atoms with Gasteiger partial charge < -0.3 is 14.8 Å². The molecule has 3 nitrogen and oxygen atoms in total. The third kappa shape index (κ3) is 6.29. The van der Waals surface area contributed by atoms with E-state index >= 15 is 0 Å². The lowest BCUT2D eigenvalue weighted by molar-refractivity contribution is 0.149. The number of benzene rings is 1. The summed E-state index contributed by atoms with van der Waals surface area (Å²) in [6.07, 6.45) is 2.37. The zero-order valence-corrected chi connectivity index (χ0v) is 13.3. The molecule has 0 aliphatic heterocycles. The number of hydrogen-bond acceptors (Lipinski definition) is 3. The van der Waals surface area contributed by atoms with Gasteiger partial charge in [0.05, 0.1) is 6.61 Å². The first kappa shape index (κ1) is 16.8. The summed E-state index contributed by atoms with van der Waals surface area (Å²) in [7, 11) is 0. The third-order valence-electron chi connectivity index (χ3n) is 3.10. The van der Waals surface area contributed by atoms with Crippen LogP contribution in [0.25, 0.3) is 0 Å². The molecule has 0 amide bonds. The Labute approximate surface area is 123 Å². The highest BCUT2D eigenvalue weighted by Crippen LogP contribution is 2.20. The summed E-state index contributed by atoms with van der Waals surface area (Å²) in [4.78, 5) is 0. The van der Waals surface area contributed by atoms with E-state index in [9.17, 15) is 0 Å². The Morgan fingerprint density at radius 3 is 2.20 bits per heavy atom. The lowest BCUT2D eigenvalue weighted by Crippen LogP contribution is -2.35. The molecule has 1 aromatic carbocycles. The van der Waals surface area contributed by atoms with Crippen molar-refractivity contribution in [3.8, 4) is 11.5 Å². The summed E-state index contributed by atoms with van der Waals surface area (Å²) in [5, 5.41) is 3.43. The van der Waals surface area contributed by atoms with Gasteiger partial charge in [-0.1, -0.05) is 27.7 Å². The maximum absolute atomic E-state index is 6.06. The molecule has 1 N–H and O–H groups in total. The van der Waals surface area contributed by atoms with Crippen molar-refractivity contribution >= 4 is 0 Å². The molecular formula is C17H29NO2. The Morgan fingerprint density at radius 2 is 1.65 bits per heavy atom. The Bertz CT molecular complexity index is 349. The van der Waals surface area contributed by atoms with Gasteiger partial charge in [0.25, 0.3) is 0 Å². The van der Waals surface area contributed by atoms with Crippen molar-refractivity contribution in [3.63, 3.8) is 0 Å². The fourth-order valence-electron chi connectivity index (χ4n) is 1.84. The summed E-state index contributed by atoms with van der Waals surface area (Å²) < 4.78 is 11.6. The van der Waals surface area contributed by atoms with Gasteiger partial charge in [-0.25, -0.2) is 0 Å². The van der Waals surface area contributed by atoms with Gasteiger partial charge in [-0.3, -0.25) is 0 Å². The lowest BCUT2D eigenvalue weighted by Gasteiger charge is -2.23. The Kier molecular flexibility index (Phi) is 8.12. The highest BCUT2D eigenvalue weighted by atomic mass is 16.5. The second-order valence-corrected chi connectivity index (χ2v) is 5.42. The van der Waals surface area contributed by atoms with Gasteiger partial charge in [-0.05, 0) is 49.6 Å². The molecule has 0 heterocycles. The Balaban J connectivity index is 2.50. The number of hydrogen-bond donors (Lipinski definition) is 1. The molecule has 1 aromatic rings. The molecule has 0 radical (unpaired) electrons. The van der Waals surface area contributed by atoms with E-state index in [2.05, 4.69) is 33.0 Å². The van der Waals surface area contributed by atoms with Crippen LogP contribution in [0, 0.1) is 5.92 Å². The van der Waals surface area contributed by atoms with Gasteiger partial charge in [0.1, 0.15) is 17.6 Å². The first-order chi connectivity index (χ1) is 9.67. The number of rotatable bonds is 10. The standard InChI is InChI=1S/C17H29NO2/c1-5-11-18-13-17(14(3)4)20-16-9-7-15(8-10-16)19-12-6-2/h7-10,14,17-18H,5-6,11-13H2,1-4H3. The van der Waals surface area contributed by atoms with E-state index in [1.54, 1.807) is 0 Å². The molecular weight excluding hydrogens is 250 g/mol. The maximum Gasteiger partial charge on any atom is 0.120 e. The average molecular weight is 279 g/mol. The molecule has 0 aromatic heterocycles. The van der Waals surface area contributed by atoms with Gasteiger partial charge in [-0.2, -0.15) is 0 Å². The molecule has 20 heavy (non-hydrogen) atoms. The zero-order valence-electron chi connectivity index (χ0n) is 13.3. The molecule has 0 spiro atoms. The van der Waals surface area contributed by atoms with Crippen molar-refractivity contribution in [2.24, 2.45) is 5.92 Å². The molecule has 3 heteroatoms. The molecule has 0 saturated heterocycles. The molecule has 0 aliphatic rings. The largest absolute Gasteiger partial charge is 0.494 e. The van der Waals surface area contributed by atoms with Crippen molar-refractivity contribution in [2.75, 3.05) is 19.7 Å². The topological polar surface area (TPSA) is 30.5 Å². The van der Waals surface area contributed by atoms with Crippen molar-refractivity contribution in [1.29, 1.82) is 0 Å². The lowest BCUT2D eigenvalue weighted by atomic mass is 10.1. The van der Waals surface area contributed by atoms with Crippen LogP contribution in [-0.4, -0.2) is 25.8 Å². The predicted octanol–water partition coefficient (Wildman–Crippen LogP) is 3.88. The highest BCUT2D eigenvalue weighted by Gasteiger charge is 2.14. The molecule has 0 bridgehead atoms. The van der Waals surface area contributed by atoms with E-state index in [-0.39, 0.29) is 6.10 Å². The summed E-state index contributed by atoms with van der Waals surface area (Å²) in [5.41, 5.74) is 0. The molecule has 1 unspecified atom stereocenters. The molecule has 114 valence electrons. The van der Waals surface area contributed by atoms with Crippen LogP contribution in [0.1, 0.15) is 40.5 Å². The van der Waals surface area contributed by atoms with E-state index in [0.717, 1.165) is 44.0 Å². The van der Waals surface area contributed by atoms with Gasteiger partial charge in [-0.15, -0.1) is 0 Å². The molecule has 1 rings (SSSR count). The Morgan fingerprint density at radius 1 is 1.00 bits per heavy atom. The second kappa shape index (κ2) is 9.65. The smallest absolute Gasteiger partial charge is 0.120 e. The van der Waals surface area contributed by atoms with Crippen molar-refractivity contribution in [2.45, 2.75) is 46.6 Å². The van der Waals surface area contributed by atoms with Crippen LogP contribution >= 0.6 is 0 Å². The molecule has 0 saturated carbocycles. The number of ether oxygens (including phenoxy) is 2. The summed E-state index contributed by atoms with van der Waals surface area (Å²) >= 11 is 0. The quantitative estimate of drug-likeness (QED) is 0.659. The fourth-order valence-corrected chi connectivity index (χ4v) is 1.84. The Hall–Kier alpha value is -1.22. The van der Waals surface area contributed by atoms with E-state index in [4.69, 9.17) is 9.47 Å². The minimum absolute atomic E-state index is 0.198. The maximum atomic E-state index is 6.06. The van der Waals surface area contributed by atoms with E-state index in [1.165, 1.54) is 0 Å². The predicted molar refractivity (Wildman–Crippen MR) is 84.6 cm³/mol. The average Bonchev–Trinajstić information content (AvgIpc) is 2.45. The molecule has 0 fully saturated rings. The van der Waals surface area contributed by atoms with Gasteiger partial charge in [0.2, 0.25) is 0 Å². The normalized spacial score (nSPS) is 12.4. The van der Waals surface area contributed by atoms with Crippen LogP contribution in [-0.2, 0) is 0 Å². The summed E-state index contributed by atoms with van der Waals surface area (Å²) in [6.45, 7) is 11.3. The van der Waals surface area contributed by atoms with E-state index in [0.29, 0.717) is 5.92 Å².